The molecule has 0 fully saturated rings. The molecule has 0 heterocycles. The molecule has 66 valence electrons. The van der Waals surface area contributed by atoms with Crippen molar-refractivity contribution in [3.63, 3.8) is 0 Å². The standard InChI is InChI=1S/3CH2O.3ClH.Cs.Os/c3*1-2;;;;;/h3*1H2;3*1H;;/q;;;;;;+1;+2/p-3. The van der Waals surface area contributed by atoms with Gasteiger partial charge in [-0.05, 0) is 0 Å². The summed E-state index contributed by atoms with van der Waals surface area (Å²) in [6.45, 7) is 6.00. The largest absolute Gasteiger partial charge is 2.00 e. The maximum Gasteiger partial charge on any atom is 2.00 e. The Bertz CT molecular complexity index is 28.5. The number of hydrogen-bond acceptors (Lipinski definition) is 3. The molecule has 0 aliphatic heterocycles. The number of rotatable bonds is 0. The van der Waals surface area contributed by atoms with E-state index in [1.54, 1.807) is 0 Å². The summed E-state index contributed by atoms with van der Waals surface area (Å²) < 4.78 is 0. The second kappa shape index (κ2) is 255. The molecule has 0 aromatic rings. The Kier molecular flexibility index (Phi) is 1600. The molecule has 0 saturated carbocycles. The zero-order valence-electron chi connectivity index (χ0n) is 5.83. The van der Waals surface area contributed by atoms with Crippen LogP contribution in [-0.2, 0) is 34.2 Å². The van der Waals surface area contributed by atoms with Crippen molar-refractivity contribution in [3.8, 4) is 0 Å². The maximum absolute atomic E-state index is 8.00. The molecule has 0 aromatic heterocycles. The van der Waals surface area contributed by atoms with E-state index in [1.807, 2.05) is 20.4 Å². The van der Waals surface area contributed by atoms with Gasteiger partial charge in [0.15, 0.2) is 0 Å². The van der Waals surface area contributed by atoms with E-state index in [0.29, 0.717) is 0 Å². The van der Waals surface area contributed by atoms with Gasteiger partial charge in [0.2, 0.25) is 0 Å². The maximum atomic E-state index is 8.00. The van der Waals surface area contributed by atoms with Crippen LogP contribution in [0.25, 0.3) is 0 Å². The zero-order valence-corrected chi connectivity index (χ0v) is 16.9. The van der Waals surface area contributed by atoms with Gasteiger partial charge in [-0.25, -0.2) is 0 Å². The summed E-state index contributed by atoms with van der Waals surface area (Å²) in [5.41, 5.74) is 0. The van der Waals surface area contributed by atoms with Crippen molar-refractivity contribution in [1.82, 2.24) is 0 Å². The van der Waals surface area contributed by atoms with Crippen molar-refractivity contribution in [3.05, 3.63) is 0 Å². The Labute approximate surface area is 157 Å². The molecule has 0 amide bonds. The molecular weight excluding hydrogens is 514 g/mol. The summed E-state index contributed by atoms with van der Waals surface area (Å²) in [5, 5.41) is 0. The van der Waals surface area contributed by atoms with Crippen LogP contribution in [0, 0.1) is 0 Å². The predicted molar refractivity (Wildman–Crippen MR) is 21.4 cm³/mol. The van der Waals surface area contributed by atoms with E-state index in [9.17, 15) is 0 Å². The Hall–Kier alpha value is 2.57. The molecule has 0 rings (SSSR count). The first-order chi connectivity index (χ1) is 3.00. The Balaban J connectivity index is -0.00000000167. The van der Waals surface area contributed by atoms with Crippen LogP contribution < -0.4 is 106 Å². The molecule has 0 bridgehead atoms. The van der Waals surface area contributed by atoms with Gasteiger partial charge >= 0.3 is 88.7 Å². The predicted octanol–water partition coefficient (Wildman–Crippen LogP) is -12.5. The minimum atomic E-state index is 0. The van der Waals surface area contributed by atoms with Crippen molar-refractivity contribution >= 4 is 20.4 Å². The molecule has 0 atom stereocenters. The minimum absolute atomic E-state index is 0. The van der Waals surface area contributed by atoms with E-state index in [-0.39, 0.29) is 126 Å². The summed E-state index contributed by atoms with van der Waals surface area (Å²) in [6.07, 6.45) is 0. The van der Waals surface area contributed by atoms with E-state index in [0.717, 1.165) is 0 Å². The summed E-state index contributed by atoms with van der Waals surface area (Å²) in [7, 11) is 0. The van der Waals surface area contributed by atoms with Crippen molar-refractivity contribution in [2.75, 3.05) is 0 Å². The molecule has 0 spiro atoms. The molecule has 11 heavy (non-hydrogen) atoms. The molecule has 0 saturated heterocycles. The fraction of sp³-hybridized carbons (Fsp3) is 0. The third kappa shape index (κ3) is 213. The van der Waals surface area contributed by atoms with E-state index < -0.39 is 0 Å². The third-order valence-electron chi connectivity index (χ3n) is 0. The van der Waals surface area contributed by atoms with Gasteiger partial charge in [-0.3, -0.25) is 0 Å². The Morgan fingerprint density at radius 1 is 0.545 bits per heavy atom. The molecular formula is C3H6Cl3CsO3Os. The van der Waals surface area contributed by atoms with Crippen LogP contribution in [-0.4, -0.2) is 20.4 Å². The van der Waals surface area contributed by atoms with Crippen LogP contribution in [0.1, 0.15) is 0 Å². The fourth-order valence-corrected chi connectivity index (χ4v) is 0. The molecule has 0 unspecified atom stereocenters. The quantitative estimate of drug-likeness (QED) is 0.320. The summed E-state index contributed by atoms with van der Waals surface area (Å²) in [5.74, 6) is 0. The van der Waals surface area contributed by atoms with Crippen LogP contribution in [0.5, 0.6) is 0 Å². The smallest absolute Gasteiger partial charge is 1.00 e. The molecule has 0 aliphatic rings. The molecule has 3 nitrogen and oxygen atoms in total. The van der Waals surface area contributed by atoms with E-state index in [2.05, 4.69) is 0 Å². The SMILES string of the molecule is C=O.C=O.C=O.[Cl-].[Cl-].[Cl-].[Cs+].[Os+2]. The Morgan fingerprint density at radius 2 is 0.545 bits per heavy atom. The molecule has 8 heteroatoms. The number of hydrogen-bond donors (Lipinski definition) is 0. The summed E-state index contributed by atoms with van der Waals surface area (Å²) in [6, 6.07) is 0. The summed E-state index contributed by atoms with van der Waals surface area (Å²) in [4.78, 5) is 24.0. The van der Waals surface area contributed by atoms with Gasteiger partial charge in [-0.15, -0.1) is 0 Å². The van der Waals surface area contributed by atoms with Gasteiger partial charge in [0, 0.05) is 0 Å². The van der Waals surface area contributed by atoms with Gasteiger partial charge in [0.1, 0.15) is 20.4 Å². The molecule has 0 aliphatic carbocycles. The first-order valence-corrected chi connectivity index (χ1v) is 0.866. The Morgan fingerprint density at radius 3 is 0.545 bits per heavy atom. The normalized spacial score (nSPS) is 1.09. The van der Waals surface area contributed by atoms with Crippen LogP contribution in [0.4, 0.5) is 0 Å². The topological polar surface area (TPSA) is 51.2 Å². The van der Waals surface area contributed by atoms with Crippen molar-refractivity contribution in [1.29, 1.82) is 0 Å². The van der Waals surface area contributed by atoms with Gasteiger partial charge in [0.25, 0.3) is 0 Å². The molecule has 0 radical (unpaired) electrons. The number of carbonyl (C=O) groups is 3. The van der Waals surface area contributed by atoms with Gasteiger partial charge < -0.3 is 51.6 Å². The average Bonchev–Trinajstić information content (AvgIpc) is 1.81. The van der Waals surface area contributed by atoms with E-state index in [4.69, 9.17) is 14.4 Å². The van der Waals surface area contributed by atoms with Gasteiger partial charge in [-0.2, -0.15) is 0 Å². The van der Waals surface area contributed by atoms with E-state index in [1.165, 1.54) is 0 Å². The number of carbonyl (C=O) groups excluding carboxylic acids is 3. The first kappa shape index (κ1) is 69.1. The summed E-state index contributed by atoms with van der Waals surface area (Å²) >= 11 is 0. The molecule has 0 N–H and O–H groups in total. The van der Waals surface area contributed by atoms with Crippen LogP contribution in [0.2, 0.25) is 0 Å². The van der Waals surface area contributed by atoms with Gasteiger partial charge in [-0.1, -0.05) is 0 Å². The van der Waals surface area contributed by atoms with Crippen molar-refractivity contribution < 1.29 is 140 Å². The fourth-order valence-electron chi connectivity index (χ4n) is 0. The molecule has 0 aromatic carbocycles. The zero-order chi connectivity index (χ0) is 6.00. The second-order valence-corrected chi connectivity index (χ2v) is 0. The van der Waals surface area contributed by atoms with E-state index >= 15 is 0 Å². The van der Waals surface area contributed by atoms with Crippen LogP contribution >= 0.6 is 0 Å². The first-order valence-electron chi connectivity index (χ1n) is 0.866. The monoisotopic (exact) mass is 520 g/mol. The minimum Gasteiger partial charge on any atom is -1.00 e. The van der Waals surface area contributed by atoms with Crippen LogP contribution in [0.15, 0.2) is 0 Å². The van der Waals surface area contributed by atoms with Crippen molar-refractivity contribution in [2.24, 2.45) is 0 Å². The third-order valence-corrected chi connectivity index (χ3v) is 0. The van der Waals surface area contributed by atoms with Crippen molar-refractivity contribution in [2.45, 2.75) is 0 Å². The average molecular weight is 520 g/mol. The van der Waals surface area contributed by atoms with Crippen LogP contribution in [0.3, 0.4) is 0 Å². The number of halogens is 3. The second-order valence-electron chi connectivity index (χ2n) is 0. The van der Waals surface area contributed by atoms with Gasteiger partial charge in [0.05, 0.1) is 0 Å².